The van der Waals surface area contributed by atoms with Crippen molar-refractivity contribution >= 4 is 70.6 Å². The average molecular weight is 618 g/mol. The molecule has 0 amide bonds. The second-order valence-electron chi connectivity index (χ2n) is 12.0. The predicted molar refractivity (Wildman–Crippen MR) is 175 cm³/mol. The summed E-state index contributed by atoms with van der Waals surface area (Å²) in [7, 11) is 1.29. The maximum Gasteiger partial charge on any atom is 2.00 e. The molecule has 3 aromatic heterocycles. The van der Waals surface area contributed by atoms with E-state index in [0.29, 0.717) is 28.3 Å². The summed E-state index contributed by atoms with van der Waals surface area (Å²) >= 11 is 0. The number of carbonyl (C=O) groups excluding carboxylic acids is 1. The first-order valence-electron chi connectivity index (χ1n) is 15.0. The van der Waals surface area contributed by atoms with Gasteiger partial charge in [-0.1, -0.05) is 67.5 Å². The van der Waals surface area contributed by atoms with Crippen LogP contribution < -0.4 is 31.2 Å². The van der Waals surface area contributed by atoms with E-state index in [2.05, 4.69) is 31.5 Å². The molecule has 0 saturated carbocycles. The van der Waals surface area contributed by atoms with Crippen LogP contribution in [0.4, 0.5) is 0 Å². The Morgan fingerprint density at radius 2 is 1.73 bits per heavy atom. The number of aliphatic carboxylic acids is 1. The number of ether oxygens (including phenoxy) is 1. The number of nitrogens with one attached hydrogen (secondary N) is 1. The number of hydrogen-bond acceptors (Lipinski definition) is 4. The van der Waals surface area contributed by atoms with Gasteiger partial charge in [0.1, 0.15) is 11.7 Å². The number of carboxylic acids is 1. The smallest absolute Gasteiger partial charge is 0.681 e. The number of aliphatic hydroxyl groups excluding tert-OH is 1. The SMILES string of the molecule is C=Cc1c2[n-]c(c1C)/C=C1\[N-]C(C3=c4[n-]c(c(C)c4=C(O)[C@@H]3C(=O)OC)/C=c3\[nH]/c(c(C)c3CC)=C\2)[C@@H](CCC(=O)O)[C@@H]1C.[Mg+2]. The molecule has 2 aliphatic heterocycles. The second kappa shape index (κ2) is 12.1. The molecule has 0 radical (unpaired) electrons. The first-order valence-corrected chi connectivity index (χ1v) is 15.0. The fraction of sp³-hybridized carbons (Fsp3) is 0.371. The number of carboxylic acid groups (broad SMARTS) is 1. The third kappa shape index (κ3) is 5.08. The summed E-state index contributed by atoms with van der Waals surface area (Å²) in [5.74, 6) is -3.09. The summed E-state index contributed by atoms with van der Waals surface area (Å²) in [6.45, 7) is 14.2. The third-order valence-corrected chi connectivity index (χ3v) is 9.75. The summed E-state index contributed by atoms with van der Waals surface area (Å²) in [5, 5.41) is 29.2. The molecule has 0 aromatic carbocycles. The van der Waals surface area contributed by atoms with Crippen molar-refractivity contribution in [3.05, 3.63) is 83.8 Å². The number of esters is 1. The van der Waals surface area contributed by atoms with E-state index in [0.717, 1.165) is 62.0 Å². The normalized spacial score (nSPS) is 24.0. The summed E-state index contributed by atoms with van der Waals surface area (Å²) < 4.78 is 5.17. The van der Waals surface area contributed by atoms with Crippen LogP contribution in [0.1, 0.15) is 71.6 Å². The average Bonchev–Trinajstić information content (AvgIpc) is 3.72. The van der Waals surface area contributed by atoms with Crippen LogP contribution in [0.5, 0.6) is 0 Å². The monoisotopic (exact) mass is 617 g/mol. The zero-order valence-electron chi connectivity index (χ0n) is 26.6. The first-order chi connectivity index (χ1) is 21.0. The molecule has 1 aliphatic carbocycles. The first kappa shape index (κ1) is 32.5. The number of aromatic nitrogens is 3. The largest absolute Gasteiger partial charge is 2.00 e. The van der Waals surface area contributed by atoms with Crippen molar-refractivity contribution in [2.45, 2.75) is 59.9 Å². The zero-order chi connectivity index (χ0) is 31.6. The minimum atomic E-state index is -1.07. The summed E-state index contributed by atoms with van der Waals surface area (Å²) in [4.78, 5) is 38.6. The molecule has 3 aliphatic rings. The number of fused-ring (bicyclic) bond motifs is 8. The minimum absolute atomic E-state index is 0. The van der Waals surface area contributed by atoms with Crippen molar-refractivity contribution in [1.82, 2.24) is 15.0 Å². The molecular formula is C35H37MgN4O5-. The van der Waals surface area contributed by atoms with Crippen molar-refractivity contribution in [2.24, 2.45) is 17.8 Å². The van der Waals surface area contributed by atoms with E-state index in [1.807, 2.05) is 39.0 Å². The van der Waals surface area contributed by atoms with Gasteiger partial charge in [-0.2, -0.15) is 5.70 Å². The molecule has 8 bridgehead atoms. The molecule has 4 atom stereocenters. The van der Waals surface area contributed by atoms with Crippen LogP contribution in [-0.2, 0) is 20.7 Å². The number of hydrogen-bond donors (Lipinski definition) is 3. The van der Waals surface area contributed by atoms with E-state index >= 15 is 0 Å². The van der Waals surface area contributed by atoms with Crippen molar-refractivity contribution in [2.75, 3.05) is 7.11 Å². The molecular weight excluding hydrogens is 581 g/mol. The molecule has 9 nitrogen and oxygen atoms in total. The van der Waals surface area contributed by atoms with Crippen molar-refractivity contribution in [3.8, 4) is 0 Å². The molecule has 45 heavy (non-hydrogen) atoms. The van der Waals surface area contributed by atoms with Gasteiger partial charge in [0.2, 0.25) is 0 Å². The topological polar surface area (TPSA) is 142 Å². The summed E-state index contributed by atoms with van der Waals surface area (Å²) in [6.07, 6.45) is 8.90. The fourth-order valence-electron chi connectivity index (χ4n) is 7.29. The number of H-pyrrole nitrogens is 1. The van der Waals surface area contributed by atoms with Crippen molar-refractivity contribution in [1.29, 1.82) is 0 Å². The van der Waals surface area contributed by atoms with Gasteiger partial charge in [-0.05, 0) is 62.1 Å². The third-order valence-electron chi connectivity index (χ3n) is 9.75. The van der Waals surface area contributed by atoms with Crippen LogP contribution in [0.2, 0.25) is 0 Å². The van der Waals surface area contributed by atoms with Gasteiger partial charge in [0.25, 0.3) is 0 Å². The van der Waals surface area contributed by atoms with Gasteiger partial charge in [-0.25, -0.2) is 0 Å². The Morgan fingerprint density at radius 3 is 2.38 bits per heavy atom. The quantitative estimate of drug-likeness (QED) is 0.284. The van der Waals surface area contributed by atoms with Gasteiger partial charge in [0.05, 0.1) is 7.11 Å². The second-order valence-corrected chi connectivity index (χ2v) is 12.0. The Labute approximate surface area is 277 Å². The van der Waals surface area contributed by atoms with Gasteiger partial charge >= 0.3 is 35.0 Å². The Kier molecular flexibility index (Phi) is 8.76. The van der Waals surface area contributed by atoms with E-state index in [-0.39, 0.29) is 47.1 Å². The Morgan fingerprint density at radius 1 is 1.04 bits per heavy atom. The van der Waals surface area contributed by atoms with E-state index in [1.54, 1.807) is 0 Å². The van der Waals surface area contributed by atoms with Crippen molar-refractivity contribution < 1.29 is 24.5 Å². The molecule has 5 heterocycles. The van der Waals surface area contributed by atoms with Gasteiger partial charge in [0.15, 0.2) is 0 Å². The van der Waals surface area contributed by atoms with E-state index in [9.17, 15) is 19.8 Å². The maximum absolute atomic E-state index is 13.2. The number of carbonyl (C=O) groups is 2. The van der Waals surface area contributed by atoms with E-state index in [1.165, 1.54) is 7.11 Å². The standard InChI is InChI=1S/C35H37N4O5.Mg/c1-8-19-15(3)22-12-24-17(5)21(10-11-28(40)41)32(38-24)30-31(35(43)44-7)34(42)29-18(6)25(39-33(29)30)14-27-20(9-2)16(4)23(37-27)13-26(19)36-22;/h8,12-14,17,21,31-32,37,42H,1,9-11H2,2-7H3,(H,40,41);/q-3;+2/b23-13-,24-12-,27-14-;/t17-,21-,31+,32?;/m0./s1. The van der Waals surface area contributed by atoms with E-state index in [4.69, 9.17) is 20.0 Å². The van der Waals surface area contributed by atoms with Gasteiger partial charge < -0.3 is 35.2 Å². The molecule has 1 unspecified atom stereocenters. The van der Waals surface area contributed by atoms with Gasteiger partial charge in [-0.15, -0.1) is 22.4 Å². The van der Waals surface area contributed by atoms with Gasteiger partial charge in [0, 0.05) is 22.3 Å². The molecule has 1 saturated heterocycles. The Bertz CT molecular complexity index is 2030. The maximum atomic E-state index is 13.2. The zero-order valence-corrected chi connectivity index (χ0v) is 28.0. The van der Waals surface area contributed by atoms with Crippen LogP contribution >= 0.6 is 0 Å². The number of nitrogens with zero attached hydrogens (tertiary/aromatic N) is 3. The number of methoxy groups -OCH3 is 1. The molecule has 1 fully saturated rings. The number of allylic oxidation sites excluding steroid dienone is 1. The molecule has 10 heteroatoms. The minimum Gasteiger partial charge on any atom is -0.681 e. The number of aliphatic hydroxyl groups is 1. The van der Waals surface area contributed by atoms with Crippen molar-refractivity contribution in [3.63, 3.8) is 0 Å². The van der Waals surface area contributed by atoms with Crippen LogP contribution in [0, 0.1) is 38.5 Å². The van der Waals surface area contributed by atoms with Crippen LogP contribution in [0.3, 0.4) is 0 Å². The molecule has 6 rings (SSSR count). The van der Waals surface area contributed by atoms with Crippen LogP contribution in [-0.4, -0.2) is 63.3 Å². The molecule has 3 aromatic rings. The molecule has 230 valence electrons. The van der Waals surface area contributed by atoms with Crippen LogP contribution in [0.25, 0.3) is 41.0 Å². The summed E-state index contributed by atoms with van der Waals surface area (Å²) in [5.41, 5.74) is 8.46. The van der Waals surface area contributed by atoms with E-state index < -0.39 is 23.9 Å². The number of aromatic amines is 1. The van der Waals surface area contributed by atoms with Crippen LogP contribution in [0.15, 0.2) is 12.3 Å². The Balaban J connectivity index is 0.00000400. The molecule has 3 N–H and O–H groups in total. The molecule has 0 spiro atoms. The number of rotatable bonds is 6. The predicted octanol–water partition coefficient (Wildman–Crippen LogP) is 2.18. The fourth-order valence-corrected chi connectivity index (χ4v) is 7.29. The van der Waals surface area contributed by atoms with Gasteiger partial charge in [-0.3, -0.25) is 9.59 Å². The Hall–Kier alpha value is -3.89. The summed E-state index contributed by atoms with van der Waals surface area (Å²) in [6, 6.07) is -0.594.